The number of ether oxygens (including phenoxy) is 3. The zero-order valence-electron chi connectivity index (χ0n) is 16.5. The van der Waals surface area contributed by atoms with Gasteiger partial charge in [-0.3, -0.25) is 9.59 Å². The number of hydrogen-bond acceptors (Lipinski definition) is 5. The van der Waals surface area contributed by atoms with Crippen LogP contribution in [0.3, 0.4) is 0 Å². The molecule has 29 heavy (non-hydrogen) atoms. The maximum Gasteiger partial charge on any atom is 0.255 e. The van der Waals surface area contributed by atoms with Crippen LogP contribution in [0.1, 0.15) is 33.6 Å². The van der Waals surface area contributed by atoms with Crippen LogP contribution in [0.5, 0.6) is 5.75 Å². The first kappa shape index (κ1) is 20.8. The molecule has 0 spiro atoms. The van der Waals surface area contributed by atoms with Gasteiger partial charge in [-0.05, 0) is 55.3 Å². The predicted molar refractivity (Wildman–Crippen MR) is 110 cm³/mol. The third kappa shape index (κ3) is 6.30. The van der Waals surface area contributed by atoms with Gasteiger partial charge in [0.2, 0.25) is 0 Å². The molecule has 0 radical (unpaired) electrons. The average molecular weight is 398 g/mol. The predicted octanol–water partition coefficient (Wildman–Crippen LogP) is 2.87. The summed E-state index contributed by atoms with van der Waals surface area (Å²) in [6.07, 6.45) is 2.08. The summed E-state index contributed by atoms with van der Waals surface area (Å²) in [5, 5.41) is 5.70. The Morgan fingerprint density at radius 3 is 2.62 bits per heavy atom. The molecule has 1 aliphatic heterocycles. The minimum atomic E-state index is -0.259. The lowest BCUT2D eigenvalue weighted by Gasteiger charge is -2.12. The van der Waals surface area contributed by atoms with Gasteiger partial charge in [0.15, 0.2) is 0 Å². The number of carbonyl (C=O) groups excluding carboxylic acids is 2. The van der Waals surface area contributed by atoms with E-state index in [-0.39, 0.29) is 17.9 Å². The number of hydrogen-bond donors (Lipinski definition) is 2. The van der Waals surface area contributed by atoms with Gasteiger partial charge < -0.3 is 24.8 Å². The number of benzene rings is 2. The maximum atomic E-state index is 12.5. The molecular weight excluding hydrogens is 372 g/mol. The molecule has 7 nitrogen and oxygen atoms in total. The van der Waals surface area contributed by atoms with Crippen LogP contribution in [-0.2, 0) is 9.47 Å². The monoisotopic (exact) mass is 398 g/mol. The molecule has 2 amide bonds. The highest BCUT2D eigenvalue weighted by Gasteiger charge is 2.17. The fourth-order valence-electron chi connectivity index (χ4n) is 3.00. The molecule has 1 saturated heterocycles. The van der Waals surface area contributed by atoms with Crippen LogP contribution in [0.2, 0.25) is 0 Å². The number of carbonyl (C=O) groups is 2. The lowest BCUT2D eigenvalue weighted by molar-refractivity contribution is 0.0857. The Balaban J connectivity index is 1.54. The normalized spacial score (nSPS) is 15.7. The molecule has 0 aliphatic carbocycles. The Morgan fingerprint density at radius 2 is 1.90 bits per heavy atom. The van der Waals surface area contributed by atoms with Crippen LogP contribution in [0.25, 0.3) is 0 Å². The Hall–Kier alpha value is -2.90. The molecule has 154 valence electrons. The molecule has 1 fully saturated rings. The van der Waals surface area contributed by atoms with Crippen molar-refractivity contribution in [2.75, 3.05) is 38.8 Å². The summed E-state index contributed by atoms with van der Waals surface area (Å²) in [6, 6.07) is 13.7. The molecule has 1 unspecified atom stereocenters. The molecule has 1 heterocycles. The van der Waals surface area contributed by atoms with Gasteiger partial charge in [-0.25, -0.2) is 0 Å². The van der Waals surface area contributed by atoms with E-state index in [4.69, 9.17) is 14.2 Å². The second-order valence-electron chi connectivity index (χ2n) is 6.75. The minimum Gasteiger partial charge on any atom is -0.491 e. The molecule has 1 atom stereocenters. The highest BCUT2D eigenvalue weighted by molar-refractivity contribution is 6.05. The van der Waals surface area contributed by atoms with Crippen molar-refractivity contribution in [2.24, 2.45) is 0 Å². The summed E-state index contributed by atoms with van der Waals surface area (Å²) >= 11 is 0. The zero-order chi connectivity index (χ0) is 20.5. The van der Waals surface area contributed by atoms with E-state index in [1.54, 1.807) is 55.6 Å². The van der Waals surface area contributed by atoms with E-state index in [0.717, 1.165) is 19.4 Å². The van der Waals surface area contributed by atoms with Crippen LogP contribution in [0, 0.1) is 0 Å². The van der Waals surface area contributed by atoms with Crippen molar-refractivity contribution in [1.82, 2.24) is 5.32 Å². The van der Waals surface area contributed by atoms with Crippen LogP contribution in [0.4, 0.5) is 5.69 Å². The van der Waals surface area contributed by atoms with Crippen LogP contribution in [0.15, 0.2) is 48.5 Å². The maximum absolute atomic E-state index is 12.5. The van der Waals surface area contributed by atoms with Crippen LogP contribution >= 0.6 is 0 Å². The van der Waals surface area contributed by atoms with Crippen molar-refractivity contribution in [3.05, 3.63) is 59.7 Å². The van der Waals surface area contributed by atoms with E-state index in [2.05, 4.69) is 10.6 Å². The summed E-state index contributed by atoms with van der Waals surface area (Å²) in [7, 11) is 1.61. The van der Waals surface area contributed by atoms with Crippen molar-refractivity contribution < 1.29 is 23.8 Å². The molecule has 2 aromatic rings. The van der Waals surface area contributed by atoms with Gasteiger partial charge >= 0.3 is 0 Å². The average Bonchev–Trinajstić information content (AvgIpc) is 3.26. The van der Waals surface area contributed by atoms with E-state index in [1.165, 1.54) is 0 Å². The van der Waals surface area contributed by atoms with E-state index in [1.807, 2.05) is 0 Å². The fraction of sp³-hybridized carbons (Fsp3) is 0.364. The molecule has 0 aromatic heterocycles. The summed E-state index contributed by atoms with van der Waals surface area (Å²) < 4.78 is 15.9. The third-order valence-electron chi connectivity index (χ3n) is 4.57. The summed E-state index contributed by atoms with van der Waals surface area (Å²) in [5.74, 6) is 0.225. The highest BCUT2D eigenvalue weighted by atomic mass is 16.5. The molecule has 0 bridgehead atoms. The first-order valence-corrected chi connectivity index (χ1v) is 9.69. The number of anilines is 1. The largest absolute Gasteiger partial charge is 0.491 e. The molecule has 0 saturated carbocycles. The van der Waals surface area contributed by atoms with E-state index in [9.17, 15) is 9.59 Å². The van der Waals surface area contributed by atoms with Crippen molar-refractivity contribution in [3.8, 4) is 5.75 Å². The Labute approximate surface area is 170 Å². The first-order valence-electron chi connectivity index (χ1n) is 9.69. The Morgan fingerprint density at radius 1 is 1.07 bits per heavy atom. The lowest BCUT2D eigenvalue weighted by Crippen LogP contribution is -2.31. The standard InChI is InChI=1S/C22H26N2O5/c1-27-12-13-29-19-9-7-16(8-10-19)22(26)24-18-5-2-4-17(14-18)21(25)23-15-20-6-3-11-28-20/h2,4-5,7-10,14,20H,3,6,11-13,15H2,1H3,(H,23,25)(H,24,26). The summed E-state index contributed by atoms with van der Waals surface area (Å²) in [4.78, 5) is 24.8. The van der Waals surface area contributed by atoms with Crippen molar-refractivity contribution in [1.29, 1.82) is 0 Å². The van der Waals surface area contributed by atoms with Gasteiger partial charge in [-0.2, -0.15) is 0 Å². The lowest BCUT2D eigenvalue weighted by atomic mass is 10.1. The van der Waals surface area contributed by atoms with Crippen LogP contribution in [-0.4, -0.2) is 51.4 Å². The second kappa shape index (κ2) is 10.6. The number of methoxy groups -OCH3 is 1. The SMILES string of the molecule is COCCOc1ccc(C(=O)Nc2cccc(C(=O)NCC3CCCO3)c2)cc1. The van der Waals surface area contributed by atoms with Gasteiger partial charge in [0.25, 0.3) is 11.8 Å². The molecule has 1 aliphatic rings. The quantitative estimate of drug-likeness (QED) is 0.635. The van der Waals surface area contributed by atoms with Crippen molar-refractivity contribution in [3.63, 3.8) is 0 Å². The molecule has 2 N–H and O–H groups in total. The molecule has 7 heteroatoms. The molecule has 3 rings (SSSR count). The van der Waals surface area contributed by atoms with E-state index in [0.29, 0.717) is 42.3 Å². The summed E-state index contributed by atoms with van der Waals surface area (Å²) in [5.41, 5.74) is 1.54. The summed E-state index contributed by atoms with van der Waals surface area (Å²) in [6.45, 7) is 2.19. The highest BCUT2D eigenvalue weighted by Crippen LogP contribution is 2.16. The number of nitrogens with one attached hydrogen (secondary N) is 2. The zero-order valence-corrected chi connectivity index (χ0v) is 16.5. The van der Waals surface area contributed by atoms with E-state index < -0.39 is 0 Å². The number of amides is 2. The third-order valence-corrected chi connectivity index (χ3v) is 4.57. The fourth-order valence-corrected chi connectivity index (χ4v) is 3.00. The Kier molecular flexibility index (Phi) is 7.61. The van der Waals surface area contributed by atoms with Gasteiger partial charge in [-0.15, -0.1) is 0 Å². The van der Waals surface area contributed by atoms with Crippen LogP contribution < -0.4 is 15.4 Å². The second-order valence-corrected chi connectivity index (χ2v) is 6.75. The Bertz CT molecular complexity index is 816. The van der Waals surface area contributed by atoms with Gasteiger partial charge in [0.05, 0.1) is 12.7 Å². The van der Waals surface area contributed by atoms with Gasteiger partial charge in [-0.1, -0.05) is 6.07 Å². The van der Waals surface area contributed by atoms with Crippen molar-refractivity contribution in [2.45, 2.75) is 18.9 Å². The minimum absolute atomic E-state index is 0.0864. The van der Waals surface area contributed by atoms with E-state index >= 15 is 0 Å². The molecule has 2 aromatic carbocycles. The van der Waals surface area contributed by atoms with Gasteiger partial charge in [0, 0.05) is 37.1 Å². The van der Waals surface area contributed by atoms with Crippen molar-refractivity contribution >= 4 is 17.5 Å². The first-order chi connectivity index (χ1) is 14.2. The molecular formula is C22H26N2O5. The topological polar surface area (TPSA) is 85.9 Å². The van der Waals surface area contributed by atoms with Gasteiger partial charge in [0.1, 0.15) is 12.4 Å². The smallest absolute Gasteiger partial charge is 0.255 e. The number of rotatable bonds is 9.